The molecule has 5 rings (SSSR count). The molecule has 2 saturated carbocycles. The molecule has 3 aliphatic rings. The Morgan fingerprint density at radius 1 is 1.08 bits per heavy atom. The molecule has 1 saturated heterocycles. The van der Waals surface area contributed by atoms with Crippen molar-refractivity contribution in [1.29, 1.82) is 0 Å². The number of likely N-dealkylation sites (tertiary alicyclic amines) is 1. The number of carbonyl (C=O) groups excluding carboxylic acids is 4. The summed E-state index contributed by atoms with van der Waals surface area (Å²) in [6.07, 6.45) is 2.12. The van der Waals surface area contributed by atoms with E-state index >= 15 is 0 Å². The zero-order valence-corrected chi connectivity index (χ0v) is 29.5. The zero-order valence-electron chi connectivity index (χ0n) is 28.7. The maximum Gasteiger partial charge on any atom is 0.307 e. The van der Waals surface area contributed by atoms with E-state index in [0.717, 1.165) is 10.9 Å². The van der Waals surface area contributed by atoms with Gasteiger partial charge in [0.25, 0.3) is 0 Å². The fourth-order valence-electron chi connectivity index (χ4n) is 6.44. The standard InChI is InChI=1S/C36H47N3O8S/c1-8-23-19-36(23,29(40)21-48(44,45)25-14-15-25)38-32(42)28-17-24(46-30-16-13-22-11-9-10-12-27(22)37-30)20-39(28)33(43)26(34(2,3)4)18-31(41)47-35(5,6)7/h8-13,16,23-26,28H,1,14-15,17-21H2,2-7H3,(H,38,42)/t23-,24-,26-,28+,36-/m1/s1. The molecule has 260 valence electrons. The first-order valence-electron chi connectivity index (χ1n) is 16.6. The van der Waals surface area contributed by atoms with Crippen molar-refractivity contribution in [3.8, 4) is 5.88 Å². The number of hydrogen-bond donors (Lipinski definition) is 1. The molecule has 0 bridgehead atoms. The van der Waals surface area contributed by atoms with Crippen LogP contribution in [0.3, 0.4) is 0 Å². The van der Waals surface area contributed by atoms with Crippen LogP contribution in [0, 0.1) is 17.3 Å². The Hall–Kier alpha value is -3.80. The number of nitrogens with one attached hydrogen (secondary N) is 1. The lowest BCUT2D eigenvalue weighted by molar-refractivity contribution is -0.161. The van der Waals surface area contributed by atoms with Crippen LogP contribution in [0.4, 0.5) is 0 Å². The van der Waals surface area contributed by atoms with Gasteiger partial charge in [-0.15, -0.1) is 6.58 Å². The molecular formula is C36H47N3O8S. The fraction of sp³-hybridized carbons (Fsp3) is 0.583. The zero-order chi connectivity index (χ0) is 35.2. The first kappa shape index (κ1) is 35.5. The van der Waals surface area contributed by atoms with E-state index in [9.17, 15) is 27.6 Å². The highest BCUT2D eigenvalue weighted by Crippen LogP contribution is 2.46. The third-order valence-electron chi connectivity index (χ3n) is 9.35. The minimum Gasteiger partial charge on any atom is -0.472 e. The van der Waals surface area contributed by atoms with E-state index in [-0.39, 0.29) is 25.8 Å². The lowest BCUT2D eigenvalue weighted by atomic mass is 9.77. The number of esters is 1. The summed E-state index contributed by atoms with van der Waals surface area (Å²) in [5.41, 5.74) is -2.10. The van der Waals surface area contributed by atoms with Crippen molar-refractivity contribution in [1.82, 2.24) is 15.2 Å². The Morgan fingerprint density at radius 2 is 1.77 bits per heavy atom. The van der Waals surface area contributed by atoms with Gasteiger partial charge in [0, 0.05) is 23.8 Å². The molecule has 2 aliphatic carbocycles. The lowest BCUT2D eigenvalue weighted by Crippen LogP contribution is -2.55. The monoisotopic (exact) mass is 681 g/mol. The second-order valence-electron chi connectivity index (χ2n) is 15.5. The summed E-state index contributed by atoms with van der Waals surface area (Å²) in [5.74, 6) is -3.70. The molecule has 5 atom stereocenters. The van der Waals surface area contributed by atoms with E-state index in [2.05, 4.69) is 16.9 Å². The molecule has 0 unspecified atom stereocenters. The number of ketones is 1. The third-order valence-corrected chi connectivity index (χ3v) is 11.5. The molecule has 2 heterocycles. The van der Waals surface area contributed by atoms with Crippen LogP contribution in [-0.4, -0.2) is 82.7 Å². The SMILES string of the molecule is C=C[C@@H]1C[C@]1(NC(=O)[C@@H]1C[C@@H](Oc2ccc3ccccc3n2)CN1C(=O)[C@@H](CC(=O)OC(C)(C)C)C(C)(C)C)C(=O)CS(=O)(=O)C1CC1. The maximum absolute atomic E-state index is 14.4. The number of pyridine rings is 1. The highest BCUT2D eigenvalue weighted by atomic mass is 32.2. The molecule has 3 fully saturated rings. The van der Waals surface area contributed by atoms with Gasteiger partial charge in [0.2, 0.25) is 17.7 Å². The van der Waals surface area contributed by atoms with Gasteiger partial charge in [-0.2, -0.15) is 0 Å². The molecule has 1 aromatic carbocycles. The van der Waals surface area contributed by atoms with Crippen molar-refractivity contribution >= 4 is 44.3 Å². The van der Waals surface area contributed by atoms with Crippen molar-refractivity contribution in [3.05, 3.63) is 49.1 Å². The maximum atomic E-state index is 14.4. The van der Waals surface area contributed by atoms with Crippen LogP contribution in [0.2, 0.25) is 0 Å². The Balaban J connectivity index is 1.42. The van der Waals surface area contributed by atoms with E-state index in [4.69, 9.17) is 9.47 Å². The van der Waals surface area contributed by atoms with Gasteiger partial charge in [-0.05, 0) is 57.6 Å². The molecular weight excluding hydrogens is 634 g/mol. The van der Waals surface area contributed by atoms with Crippen molar-refractivity contribution in [2.45, 2.75) is 102 Å². The minimum atomic E-state index is -3.62. The number of Topliss-reactive ketones (excluding diaryl/α,β-unsaturated/α-hetero) is 1. The largest absolute Gasteiger partial charge is 0.472 e. The highest BCUT2D eigenvalue weighted by Gasteiger charge is 2.61. The van der Waals surface area contributed by atoms with Crippen molar-refractivity contribution in [2.75, 3.05) is 12.3 Å². The van der Waals surface area contributed by atoms with Crippen molar-refractivity contribution in [3.63, 3.8) is 0 Å². The average molecular weight is 682 g/mol. The molecule has 12 heteroatoms. The van der Waals surface area contributed by atoms with E-state index in [1.165, 1.54) is 4.90 Å². The Labute approximate surface area is 282 Å². The number of aromatic nitrogens is 1. The third kappa shape index (κ3) is 7.90. The predicted molar refractivity (Wildman–Crippen MR) is 181 cm³/mol. The van der Waals surface area contributed by atoms with E-state index in [1.807, 2.05) is 51.1 Å². The van der Waals surface area contributed by atoms with Crippen LogP contribution < -0.4 is 10.1 Å². The van der Waals surface area contributed by atoms with Crippen molar-refractivity contribution < 1.29 is 37.1 Å². The Bertz CT molecular complexity index is 1720. The summed E-state index contributed by atoms with van der Waals surface area (Å²) in [4.78, 5) is 61.0. The van der Waals surface area contributed by atoms with Crippen LogP contribution in [0.15, 0.2) is 49.1 Å². The van der Waals surface area contributed by atoms with Gasteiger partial charge >= 0.3 is 5.97 Å². The summed E-state index contributed by atoms with van der Waals surface area (Å²) < 4.78 is 37.3. The molecule has 11 nitrogen and oxygen atoms in total. The first-order chi connectivity index (χ1) is 22.3. The van der Waals surface area contributed by atoms with Gasteiger partial charge in [0.05, 0.1) is 29.7 Å². The molecule has 1 aromatic heterocycles. The van der Waals surface area contributed by atoms with Crippen LogP contribution >= 0.6 is 0 Å². The van der Waals surface area contributed by atoms with Crippen LogP contribution in [-0.2, 0) is 33.8 Å². The second-order valence-corrected chi connectivity index (χ2v) is 17.8. The molecule has 1 N–H and O–H groups in total. The van der Waals surface area contributed by atoms with E-state index in [0.29, 0.717) is 18.7 Å². The number of ether oxygens (including phenoxy) is 2. The minimum absolute atomic E-state index is 0.0359. The average Bonchev–Trinajstić information content (AvgIpc) is 3.91. The number of fused-ring (bicyclic) bond motifs is 1. The smallest absolute Gasteiger partial charge is 0.307 e. The molecule has 1 aliphatic heterocycles. The number of rotatable bonds is 12. The number of para-hydroxylation sites is 1. The number of nitrogens with zero attached hydrogens (tertiary/aromatic N) is 2. The molecule has 0 radical (unpaired) electrons. The lowest BCUT2D eigenvalue weighted by Gasteiger charge is -2.35. The Kier molecular flexibility index (Phi) is 9.55. The summed E-state index contributed by atoms with van der Waals surface area (Å²) in [6.45, 7) is 14.6. The summed E-state index contributed by atoms with van der Waals surface area (Å²) >= 11 is 0. The molecule has 0 spiro atoms. The summed E-state index contributed by atoms with van der Waals surface area (Å²) in [7, 11) is -3.62. The fourth-order valence-corrected chi connectivity index (χ4v) is 8.15. The number of sulfone groups is 1. The van der Waals surface area contributed by atoms with Gasteiger partial charge in [-0.1, -0.05) is 45.0 Å². The van der Waals surface area contributed by atoms with Crippen LogP contribution in [0.1, 0.15) is 73.6 Å². The van der Waals surface area contributed by atoms with Gasteiger partial charge in [-0.3, -0.25) is 19.2 Å². The highest BCUT2D eigenvalue weighted by molar-refractivity contribution is 7.93. The van der Waals surface area contributed by atoms with Gasteiger partial charge in [-0.25, -0.2) is 13.4 Å². The topological polar surface area (TPSA) is 149 Å². The van der Waals surface area contributed by atoms with Gasteiger partial charge < -0.3 is 19.7 Å². The first-order valence-corrected chi connectivity index (χ1v) is 18.3. The summed E-state index contributed by atoms with van der Waals surface area (Å²) in [5, 5.41) is 3.27. The quantitative estimate of drug-likeness (QED) is 0.257. The predicted octanol–water partition coefficient (Wildman–Crippen LogP) is 4.18. The van der Waals surface area contributed by atoms with Gasteiger partial charge in [0.15, 0.2) is 15.6 Å². The number of amides is 2. The second kappa shape index (κ2) is 12.9. The van der Waals surface area contributed by atoms with E-state index < -0.39 is 84.9 Å². The van der Waals surface area contributed by atoms with Crippen LogP contribution in [0.25, 0.3) is 10.9 Å². The van der Waals surface area contributed by atoms with Crippen LogP contribution in [0.5, 0.6) is 5.88 Å². The Morgan fingerprint density at radius 3 is 2.38 bits per heavy atom. The molecule has 2 aromatic rings. The molecule has 2 amide bonds. The van der Waals surface area contributed by atoms with Crippen molar-refractivity contribution in [2.24, 2.45) is 17.3 Å². The summed E-state index contributed by atoms with van der Waals surface area (Å²) in [6, 6.07) is 10.1. The number of hydrogen-bond acceptors (Lipinski definition) is 9. The van der Waals surface area contributed by atoms with E-state index in [1.54, 1.807) is 32.9 Å². The normalized spacial score (nSPS) is 24.9. The number of carbonyl (C=O) groups is 4. The number of benzene rings is 1. The molecule has 48 heavy (non-hydrogen) atoms. The van der Waals surface area contributed by atoms with Gasteiger partial charge in [0.1, 0.15) is 29.0 Å².